The fourth-order valence-electron chi connectivity index (χ4n) is 3.69. The summed E-state index contributed by atoms with van der Waals surface area (Å²) in [6, 6.07) is 6.87. The fourth-order valence-corrected chi connectivity index (χ4v) is 3.69. The van der Waals surface area contributed by atoms with Gasteiger partial charge in [0.05, 0.1) is 12.1 Å². The summed E-state index contributed by atoms with van der Waals surface area (Å²) in [4.78, 5) is 14.6. The van der Waals surface area contributed by atoms with Crippen LogP contribution in [-0.4, -0.2) is 30.9 Å². The third-order valence-electron chi connectivity index (χ3n) is 5.12. The van der Waals surface area contributed by atoms with E-state index in [1.807, 2.05) is 14.1 Å². The summed E-state index contributed by atoms with van der Waals surface area (Å²) < 4.78 is 0. The van der Waals surface area contributed by atoms with E-state index in [1.165, 1.54) is 55.2 Å². The normalized spacial score (nSPS) is 20.4. The van der Waals surface area contributed by atoms with Crippen LogP contribution in [0.25, 0.3) is 0 Å². The lowest BCUT2D eigenvalue weighted by molar-refractivity contribution is -0.126. The van der Waals surface area contributed by atoms with Crippen molar-refractivity contribution in [3.8, 4) is 0 Å². The number of rotatable bonds is 5. The first-order chi connectivity index (χ1) is 10.6. The highest BCUT2D eigenvalue weighted by molar-refractivity contribution is 5.82. The van der Waals surface area contributed by atoms with Gasteiger partial charge in [0.25, 0.3) is 0 Å². The van der Waals surface area contributed by atoms with Crippen LogP contribution in [0, 0.1) is 5.92 Å². The number of carbonyl (C=O) groups excluding carboxylic acids is 1. The van der Waals surface area contributed by atoms with Crippen LogP contribution in [0.15, 0.2) is 18.2 Å². The Morgan fingerprint density at radius 3 is 2.50 bits per heavy atom. The molecule has 0 unspecified atom stereocenters. The van der Waals surface area contributed by atoms with Crippen LogP contribution in [0.2, 0.25) is 0 Å². The number of carbonyl (C=O) groups is 1. The molecule has 1 aromatic rings. The SMILES string of the molecule is C[C@H](NC(=O)[C@@H](C1CC1)N(C)C)c1ccc2c(c1)CCCC2. The Labute approximate surface area is 134 Å². The van der Waals surface area contributed by atoms with E-state index in [-0.39, 0.29) is 18.0 Å². The van der Waals surface area contributed by atoms with Gasteiger partial charge in [-0.25, -0.2) is 0 Å². The van der Waals surface area contributed by atoms with Gasteiger partial charge in [-0.05, 0) is 82.2 Å². The molecule has 3 heteroatoms. The lowest BCUT2D eigenvalue weighted by Gasteiger charge is -2.26. The van der Waals surface area contributed by atoms with Gasteiger partial charge in [-0.2, -0.15) is 0 Å². The molecule has 2 aliphatic rings. The largest absolute Gasteiger partial charge is 0.348 e. The van der Waals surface area contributed by atoms with Gasteiger partial charge in [0.1, 0.15) is 0 Å². The zero-order valence-corrected chi connectivity index (χ0v) is 14.1. The zero-order valence-electron chi connectivity index (χ0n) is 14.1. The van der Waals surface area contributed by atoms with Crippen molar-refractivity contribution >= 4 is 5.91 Å². The smallest absolute Gasteiger partial charge is 0.238 e. The average Bonchev–Trinajstić information content (AvgIpc) is 3.31. The molecule has 2 aliphatic carbocycles. The number of fused-ring (bicyclic) bond motifs is 1. The van der Waals surface area contributed by atoms with Crippen LogP contribution >= 0.6 is 0 Å². The number of benzene rings is 1. The van der Waals surface area contributed by atoms with E-state index in [0.717, 1.165) is 0 Å². The molecule has 22 heavy (non-hydrogen) atoms. The van der Waals surface area contributed by atoms with Crippen molar-refractivity contribution in [2.75, 3.05) is 14.1 Å². The standard InChI is InChI=1S/C19H28N2O/c1-13(20-19(22)18(21(2)3)15-9-10-15)16-11-8-14-6-4-5-7-17(14)12-16/h8,11-13,15,18H,4-7,9-10H2,1-3H3,(H,20,22)/t13-,18+/m0/s1. The molecule has 0 radical (unpaired) electrons. The zero-order chi connectivity index (χ0) is 15.7. The molecular weight excluding hydrogens is 272 g/mol. The van der Waals surface area contributed by atoms with Crippen molar-refractivity contribution in [3.63, 3.8) is 0 Å². The minimum atomic E-state index is 0.0278. The van der Waals surface area contributed by atoms with E-state index in [9.17, 15) is 4.79 Å². The number of nitrogens with one attached hydrogen (secondary N) is 1. The van der Waals surface area contributed by atoms with Gasteiger partial charge in [-0.3, -0.25) is 9.69 Å². The van der Waals surface area contributed by atoms with E-state index in [1.54, 1.807) is 0 Å². The van der Waals surface area contributed by atoms with Crippen molar-refractivity contribution in [3.05, 3.63) is 34.9 Å². The maximum atomic E-state index is 12.6. The van der Waals surface area contributed by atoms with E-state index >= 15 is 0 Å². The van der Waals surface area contributed by atoms with Gasteiger partial charge in [0, 0.05) is 0 Å². The van der Waals surface area contributed by atoms with Crippen LogP contribution in [0.3, 0.4) is 0 Å². The topological polar surface area (TPSA) is 32.3 Å². The molecule has 0 saturated heterocycles. The molecule has 1 amide bonds. The van der Waals surface area contributed by atoms with Crippen molar-refractivity contribution in [1.29, 1.82) is 0 Å². The molecule has 1 fully saturated rings. The number of amides is 1. The van der Waals surface area contributed by atoms with Gasteiger partial charge in [0.15, 0.2) is 0 Å². The summed E-state index contributed by atoms with van der Waals surface area (Å²) >= 11 is 0. The number of nitrogens with zero attached hydrogens (tertiary/aromatic N) is 1. The third-order valence-corrected chi connectivity index (χ3v) is 5.12. The van der Waals surface area contributed by atoms with Crippen molar-refractivity contribution in [2.45, 2.75) is 57.5 Å². The van der Waals surface area contributed by atoms with Gasteiger partial charge < -0.3 is 5.32 Å². The van der Waals surface area contributed by atoms with Gasteiger partial charge in [0.2, 0.25) is 5.91 Å². The molecule has 0 aromatic heterocycles. The fraction of sp³-hybridized carbons (Fsp3) is 0.632. The van der Waals surface area contributed by atoms with Crippen LogP contribution in [0.5, 0.6) is 0 Å². The second-order valence-electron chi connectivity index (χ2n) is 7.21. The van der Waals surface area contributed by atoms with Crippen molar-refractivity contribution < 1.29 is 4.79 Å². The molecule has 3 nitrogen and oxygen atoms in total. The first-order valence-corrected chi connectivity index (χ1v) is 8.65. The van der Waals surface area contributed by atoms with Crippen LogP contribution in [-0.2, 0) is 17.6 Å². The highest BCUT2D eigenvalue weighted by Crippen LogP contribution is 2.35. The third kappa shape index (κ3) is 3.35. The number of hydrogen-bond acceptors (Lipinski definition) is 2. The Hall–Kier alpha value is -1.35. The number of hydrogen-bond donors (Lipinski definition) is 1. The van der Waals surface area contributed by atoms with E-state index in [2.05, 4.69) is 35.3 Å². The Bertz CT molecular complexity index is 546. The van der Waals surface area contributed by atoms with Crippen LogP contribution in [0.1, 0.15) is 55.3 Å². The molecule has 120 valence electrons. The van der Waals surface area contributed by atoms with Gasteiger partial charge >= 0.3 is 0 Å². The maximum absolute atomic E-state index is 12.6. The molecule has 0 aliphatic heterocycles. The molecule has 1 saturated carbocycles. The predicted octanol–water partition coefficient (Wildman–Crippen LogP) is 3.08. The lowest BCUT2D eigenvalue weighted by atomic mass is 9.89. The van der Waals surface area contributed by atoms with Crippen LogP contribution in [0.4, 0.5) is 0 Å². The minimum Gasteiger partial charge on any atom is -0.348 e. The molecule has 3 rings (SSSR count). The molecule has 2 atom stereocenters. The Morgan fingerprint density at radius 1 is 1.18 bits per heavy atom. The van der Waals surface area contributed by atoms with E-state index in [0.29, 0.717) is 5.92 Å². The number of likely N-dealkylation sites (N-methyl/N-ethyl adjacent to an activating group) is 1. The Balaban J connectivity index is 1.68. The quantitative estimate of drug-likeness (QED) is 0.906. The lowest BCUT2D eigenvalue weighted by Crippen LogP contribution is -2.45. The summed E-state index contributed by atoms with van der Waals surface area (Å²) in [6.45, 7) is 2.10. The molecule has 0 spiro atoms. The predicted molar refractivity (Wildman–Crippen MR) is 89.8 cm³/mol. The molecule has 1 aromatic carbocycles. The van der Waals surface area contributed by atoms with Gasteiger partial charge in [-0.1, -0.05) is 18.2 Å². The average molecular weight is 300 g/mol. The highest BCUT2D eigenvalue weighted by atomic mass is 16.2. The second kappa shape index (κ2) is 6.41. The first kappa shape index (κ1) is 15.5. The summed E-state index contributed by atoms with van der Waals surface area (Å²) in [5, 5.41) is 3.23. The number of aryl methyl sites for hydroxylation is 2. The second-order valence-corrected chi connectivity index (χ2v) is 7.21. The summed E-state index contributed by atoms with van der Waals surface area (Å²) in [5.74, 6) is 0.725. The first-order valence-electron chi connectivity index (χ1n) is 8.65. The maximum Gasteiger partial charge on any atom is 0.238 e. The molecule has 0 heterocycles. The summed E-state index contributed by atoms with van der Waals surface area (Å²) in [5.41, 5.74) is 4.22. The van der Waals surface area contributed by atoms with Crippen molar-refractivity contribution in [2.24, 2.45) is 5.92 Å². The van der Waals surface area contributed by atoms with Gasteiger partial charge in [-0.15, -0.1) is 0 Å². The molecular formula is C19H28N2O. The highest BCUT2D eigenvalue weighted by Gasteiger charge is 2.37. The van der Waals surface area contributed by atoms with Crippen molar-refractivity contribution in [1.82, 2.24) is 10.2 Å². The minimum absolute atomic E-state index is 0.0278. The van der Waals surface area contributed by atoms with E-state index in [4.69, 9.17) is 0 Å². The Morgan fingerprint density at radius 2 is 1.86 bits per heavy atom. The summed E-state index contributed by atoms with van der Waals surface area (Å²) in [6.07, 6.45) is 7.37. The monoisotopic (exact) mass is 300 g/mol. The summed E-state index contributed by atoms with van der Waals surface area (Å²) in [7, 11) is 4.01. The van der Waals surface area contributed by atoms with E-state index < -0.39 is 0 Å². The Kier molecular flexibility index (Phi) is 4.53. The van der Waals surface area contributed by atoms with Crippen LogP contribution < -0.4 is 5.32 Å². The molecule has 1 N–H and O–H groups in total. The molecule has 0 bridgehead atoms.